The van der Waals surface area contributed by atoms with Crippen molar-refractivity contribution in [1.29, 1.82) is 0 Å². The second-order valence-electron chi connectivity index (χ2n) is 4.81. The van der Waals surface area contributed by atoms with E-state index in [2.05, 4.69) is 22.1 Å². The number of imidazole rings is 1. The van der Waals surface area contributed by atoms with E-state index in [1.54, 1.807) is 14.2 Å². The van der Waals surface area contributed by atoms with E-state index in [0.29, 0.717) is 4.77 Å². The molecule has 5 heteroatoms. The lowest BCUT2D eigenvalue weighted by molar-refractivity contribution is 0.399. The van der Waals surface area contributed by atoms with Crippen molar-refractivity contribution in [3.05, 3.63) is 52.3 Å². The van der Waals surface area contributed by atoms with Crippen LogP contribution < -0.4 is 9.47 Å². The lowest BCUT2D eigenvalue weighted by atomic mass is 10.0. The fourth-order valence-corrected chi connectivity index (χ4v) is 2.65. The Kier molecular flexibility index (Phi) is 3.66. The van der Waals surface area contributed by atoms with E-state index in [1.807, 2.05) is 24.3 Å². The van der Waals surface area contributed by atoms with Gasteiger partial charge in [-0.2, -0.15) is 0 Å². The van der Waals surface area contributed by atoms with Gasteiger partial charge in [-0.1, -0.05) is 6.07 Å². The minimum Gasteiger partial charge on any atom is -0.497 e. The molecule has 21 heavy (non-hydrogen) atoms. The van der Waals surface area contributed by atoms with Crippen LogP contribution >= 0.6 is 12.2 Å². The van der Waals surface area contributed by atoms with Crippen molar-refractivity contribution in [3.63, 3.8) is 0 Å². The van der Waals surface area contributed by atoms with Gasteiger partial charge in [0.15, 0.2) is 4.77 Å². The zero-order valence-electron chi connectivity index (χ0n) is 11.9. The number of rotatable bonds is 4. The van der Waals surface area contributed by atoms with Crippen LogP contribution in [0.4, 0.5) is 0 Å². The summed E-state index contributed by atoms with van der Waals surface area (Å²) in [5.41, 5.74) is 4.30. The van der Waals surface area contributed by atoms with Gasteiger partial charge in [-0.05, 0) is 48.1 Å². The van der Waals surface area contributed by atoms with Gasteiger partial charge in [0.2, 0.25) is 0 Å². The van der Waals surface area contributed by atoms with Gasteiger partial charge in [0.1, 0.15) is 11.5 Å². The maximum atomic E-state index is 5.42. The molecule has 0 atom stereocenters. The van der Waals surface area contributed by atoms with E-state index in [9.17, 15) is 0 Å². The molecular formula is C16H16N2O2S. The van der Waals surface area contributed by atoms with Gasteiger partial charge in [0.25, 0.3) is 0 Å². The Bertz CT molecular complexity index is 836. The second kappa shape index (κ2) is 5.61. The molecule has 108 valence electrons. The molecule has 2 N–H and O–H groups in total. The maximum Gasteiger partial charge on any atom is 0.175 e. The molecule has 0 aliphatic rings. The van der Waals surface area contributed by atoms with Gasteiger partial charge < -0.3 is 19.4 Å². The molecule has 0 saturated carbocycles. The van der Waals surface area contributed by atoms with Gasteiger partial charge in [0, 0.05) is 12.0 Å². The Morgan fingerprint density at radius 2 is 1.76 bits per heavy atom. The van der Waals surface area contributed by atoms with Crippen LogP contribution in [0, 0.1) is 4.77 Å². The van der Waals surface area contributed by atoms with Crippen LogP contribution in [0.3, 0.4) is 0 Å². The number of aromatic nitrogens is 2. The SMILES string of the molecule is COc1ccc(OC)c(Cc2ccc3[nH]c(=S)[nH]c3c2)c1. The topological polar surface area (TPSA) is 50.0 Å². The largest absolute Gasteiger partial charge is 0.497 e. The number of fused-ring (bicyclic) bond motifs is 1. The zero-order chi connectivity index (χ0) is 14.8. The first-order valence-electron chi connectivity index (χ1n) is 6.61. The number of methoxy groups -OCH3 is 2. The minimum atomic E-state index is 0.640. The molecule has 3 aromatic rings. The van der Waals surface area contributed by atoms with Crippen LogP contribution in [0.1, 0.15) is 11.1 Å². The van der Waals surface area contributed by atoms with Crippen molar-refractivity contribution in [3.8, 4) is 11.5 Å². The summed E-state index contributed by atoms with van der Waals surface area (Å²) in [7, 11) is 3.34. The number of aromatic amines is 2. The fourth-order valence-electron chi connectivity index (χ4n) is 2.43. The van der Waals surface area contributed by atoms with Crippen LogP contribution in [0.2, 0.25) is 0 Å². The monoisotopic (exact) mass is 300 g/mol. The second-order valence-corrected chi connectivity index (χ2v) is 5.22. The summed E-state index contributed by atoms with van der Waals surface area (Å²) in [6.45, 7) is 0. The summed E-state index contributed by atoms with van der Waals surface area (Å²) < 4.78 is 11.3. The average Bonchev–Trinajstić information content (AvgIpc) is 2.86. The number of H-pyrrole nitrogens is 2. The molecule has 4 nitrogen and oxygen atoms in total. The highest BCUT2D eigenvalue weighted by Gasteiger charge is 2.07. The zero-order valence-corrected chi connectivity index (χ0v) is 12.7. The van der Waals surface area contributed by atoms with Gasteiger partial charge >= 0.3 is 0 Å². The summed E-state index contributed by atoms with van der Waals surface area (Å²) in [6.07, 6.45) is 0.766. The number of hydrogen-bond acceptors (Lipinski definition) is 3. The first-order valence-corrected chi connectivity index (χ1v) is 7.02. The highest BCUT2D eigenvalue weighted by atomic mass is 32.1. The third-order valence-electron chi connectivity index (χ3n) is 3.46. The quantitative estimate of drug-likeness (QED) is 0.720. The van der Waals surface area contributed by atoms with E-state index in [1.165, 1.54) is 5.56 Å². The third kappa shape index (κ3) is 2.78. The highest BCUT2D eigenvalue weighted by Crippen LogP contribution is 2.27. The molecule has 0 unspecified atom stereocenters. The Hall–Kier alpha value is -2.27. The smallest absolute Gasteiger partial charge is 0.175 e. The van der Waals surface area contributed by atoms with E-state index >= 15 is 0 Å². The molecule has 0 bridgehead atoms. The predicted molar refractivity (Wildman–Crippen MR) is 85.8 cm³/mol. The summed E-state index contributed by atoms with van der Waals surface area (Å²) in [4.78, 5) is 6.24. The lowest BCUT2D eigenvalue weighted by Gasteiger charge is -2.10. The van der Waals surface area contributed by atoms with E-state index in [-0.39, 0.29) is 0 Å². The van der Waals surface area contributed by atoms with Crippen molar-refractivity contribution in [2.24, 2.45) is 0 Å². The van der Waals surface area contributed by atoms with Crippen molar-refractivity contribution in [2.45, 2.75) is 6.42 Å². The van der Waals surface area contributed by atoms with Crippen molar-refractivity contribution >= 4 is 23.3 Å². The number of benzene rings is 2. The first kappa shape index (κ1) is 13.7. The molecule has 3 rings (SSSR count). The molecule has 2 aromatic carbocycles. The minimum absolute atomic E-state index is 0.640. The number of nitrogens with one attached hydrogen (secondary N) is 2. The summed E-state index contributed by atoms with van der Waals surface area (Å²) >= 11 is 5.11. The van der Waals surface area contributed by atoms with E-state index < -0.39 is 0 Å². The molecule has 1 heterocycles. The Balaban J connectivity index is 1.98. The van der Waals surface area contributed by atoms with Crippen LogP contribution in [-0.2, 0) is 6.42 Å². The Labute approximate surface area is 127 Å². The van der Waals surface area contributed by atoms with Crippen LogP contribution in [0.25, 0.3) is 11.0 Å². The van der Waals surface area contributed by atoms with E-state index in [0.717, 1.165) is 34.5 Å². The van der Waals surface area contributed by atoms with Gasteiger partial charge in [0.05, 0.1) is 25.3 Å². The van der Waals surface area contributed by atoms with Crippen molar-refractivity contribution in [1.82, 2.24) is 9.97 Å². The predicted octanol–water partition coefficient (Wildman–Crippen LogP) is 3.83. The summed E-state index contributed by atoms with van der Waals surface area (Å²) in [6, 6.07) is 12.0. The molecule has 0 amide bonds. The average molecular weight is 300 g/mol. The van der Waals surface area contributed by atoms with Crippen molar-refractivity contribution in [2.75, 3.05) is 14.2 Å². The van der Waals surface area contributed by atoms with Crippen molar-refractivity contribution < 1.29 is 9.47 Å². The molecule has 0 aliphatic carbocycles. The van der Waals surface area contributed by atoms with E-state index in [4.69, 9.17) is 21.7 Å². The van der Waals surface area contributed by atoms with Crippen LogP contribution in [0.5, 0.6) is 11.5 Å². The molecular weight excluding hydrogens is 284 g/mol. The normalized spacial score (nSPS) is 10.8. The molecule has 0 fully saturated rings. The van der Waals surface area contributed by atoms with Crippen LogP contribution in [-0.4, -0.2) is 24.2 Å². The summed E-state index contributed by atoms with van der Waals surface area (Å²) in [5, 5.41) is 0. The molecule has 0 radical (unpaired) electrons. The lowest BCUT2D eigenvalue weighted by Crippen LogP contribution is -1.95. The van der Waals surface area contributed by atoms with Gasteiger partial charge in [-0.15, -0.1) is 0 Å². The van der Waals surface area contributed by atoms with Crippen LogP contribution in [0.15, 0.2) is 36.4 Å². The van der Waals surface area contributed by atoms with Gasteiger partial charge in [-0.25, -0.2) is 0 Å². The highest BCUT2D eigenvalue weighted by molar-refractivity contribution is 7.71. The molecule has 0 spiro atoms. The standard InChI is InChI=1S/C16H16N2O2S/c1-19-12-4-6-15(20-2)11(9-12)7-10-3-5-13-14(8-10)18-16(21)17-13/h3-6,8-9H,7H2,1-2H3,(H2,17,18,21). The fraction of sp³-hybridized carbons (Fsp3) is 0.188. The first-order chi connectivity index (χ1) is 10.2. The Morgan fingerprint density at radius 3 is 2.52 bits per heavy atom. The Morgan fingerprint density at radius 1 is 0.952 bits per heavy atom. The third-order valence-corrected chi connectivity index (χ3v) is 3.67. The van der Waals surface area contributed by atoms with Gasteiger partial charge in [-0.3, -0.25) is 0 Å². The summed E-state index contributed by atoms with van der Waals surface area (Å²) in [5.74, 6) is 1.69. The maximum absolute atomic E-state index is 5.42. The molecule has 1 aromatic heterocycles. The molecule has 0 aliphatic heterocycles. The number of ether oxygens (including phenoxy) is 2. The number of hydrogen-bond donors (Lipinski definition) is 2. The molecule has 0 saturated heterocycles.